The number of carbonyl (C=O) groups excluding carboxylic acids is 1. The molecule has 2 amide bonds. The van der Waals surface area contributed by atoms with Crippen LogP contribution in [0.25, 0.3) is 11.5 Å². The highest BCUT2D eigenvalue weighted by atomic mass is 16.6. The second-order valence-corrected chi connectivity index (χ2v) is 7.52. The van der Waals surface area contributed by atoms with Crippen molar-refractivity contribution in [3.8, 4) is 17.2 Å². The number of urea groups is 1. The summed E-state index contributed by atoms with van der Waals surface area (Å²) in [7, 11) is 1.59. The van der Waals surface area contributed by atoms with Gasteiger partial charge in [0.2, 0.25) is 5.95 Å². The molecule has 4 unspecified atom stereocenters. The van der Waals surface area contributed by atoms with E-state index in [-0.39, 0.29) is 30.3 Å². The molecule has 0 saturated carbocycles. The normalized spacial score (nSPS) is 24.0. The second kappa shape index (κ2) is 8.85. The Labute approximate surface area is 184 Å². The molecule has 4 heterocycles. The van der Waals surface area contributed by atoms with E-state index in [0.717, 1.165) is 5.75 Å². The quantitative estimate of drug-likeness (QED) is 0.538. The van der Waals surface area contributed by atoms with Crippen molar-refractivity contribution in [2.24, 2.45) is 0 Å². The summed E-state index contributed by atoms with van der Waals surface area (Å²) in [5.41, 5.74) is 1.35. The third-order valence-corrected chi connectivity index (χ3v) is 5.46. The Kier molecular flexibility index (Phi) is 5.61. The van der Waals surface area contributed by atoms with Gasteiger partial charge in [0, 0.05) is 11.9 Å². The van der Waals surface area contributed by atoms with Crippen LogP contribution in [0.2, 0.25) is 0 Å². The van der Waals surface area contributed by atoms with Crippen molar-refractivity contribution in [1.82, 2.24) is 15.3 Å². The topological polar surface area (TPSA) is 120 Å². The summed E-state index contributed by atoms with van der Waals surface area (Å²) in [5, 5.41) is 9.03. The molecule has 2 aliphatic rings. The van der Waals surface area contributed by atoms with Gasteiger partial charge in [0.1, 0.15) is 23.7 Å². The van der Waals surface area contributed by atoms with E-state index in [0.29, 0.717) is 36.3 Å². The number of ether oxygens (including phenoxy) is 3. The lowest BCUT2D eigenvalue weighted by Crippen LogP contribution is -2.46. The number of furan rings is 1. The first-order valence-electron chi connectivity index (χ1n) is 10.3. The molecular formula is C22H23N5O5. The highest BCUT2D eigenvalue weighted by Crippen LogP contribution is 2.29. The van der Waals surface area contributed by atoms with E-state index in [1.807, 2.05) is 12.1 Å². The van der Waals surface area contributed by atoms with Crippen molar-refractivity contribution in [2.75, 3.05) is 31.0 Å². The molecule has 2 aromatic heterocycles. The Bertz CT molecular complexity index is 1060. The van der Waals surface area contributed by atoms with Crippen molar-refractivity contribution in [3.05, 3.63) is 54.9 Å². The molecule has 2 fully saturated rings. The van der Waals surface area contributed by atoms with Gasteiger partial charge in [-0.25, -0.2) is 14.8 Å². The van der Waals surface area contributed by atoms with Gasteiger partial charge < -0.3 is 34.6 Å². The molecule has 1 aromatic carbocycles. The molecule has 2 saturated heterocycles. The Morgan fingerprint density at radius 2 is 1.84 bits per heavy atom. The molecule has 4 atom stereocenters. The second-order valence-electron chi connectivity index (χ2n) is 7.52. The first-order valence-corrected chi connectivity index (χ1v) is 10.3. The zero-order chi connectivity index (χ0) is 21.9. The summed E-state index contributed by atoms with van der Waals surface area (Å²) < 4.78 is 22.4. The zero-order valence-corrected chi connectivity index (χ0v) is 17.4. The van der Waals surface area contributed by atoms with Gasteiger partial charge in [0.25, 0.3) is 0 Å². The monoisotopic (exact) mass is 437 g/mol. The predicted molar refractivity (Wildman–Crippen MR) is 116 cm³/mol. The number of amides is 2. The predicted octanol–water partition coefficient (Wildman–Crippen LogP) is 2.51. The maximum absolute atomic E-state index is 12.4. The van der Waals surface area contributed by atoms with Crippen LogP contribution in [0.5, 0.6) is 5.75 Å². The molecule has 2 aliphatic heterocycles. The van der Waals surface area contributed by atoms with Gasteiger partial charge in [-0.3, -0.25) is 0 Å². The number of aromatic nitrogens is 2. The first-order chi connectivity index (χ1) is 15.7. The number of hydrogen-bond donors (Lipinski definition) is 3. The van der Waals surface area contributed by atoms with Crippen LogP contribution < -0.4 is 20.7 Å². The van der Waals surface area contributed by atoms with Crippen LogP contribution in [0.1, 0.15) is 0 Å². The van der Waals surface area contributed by atoms with Gasteiger partial charge in [-0.05, 0) is 42.5 Å². The van der Waals surface area contributed by atoms with Crippen molar-refractivity contribution >= 4 is 17.7 Å². The Morgan fingerprint density at radius 3 is 2.59 bits per heavy atom. The van der Waals surface area contributed by atoms with E-state index in [1.54, 1.807) is 49.9 Å². The van der Waals surface area contributed by atoms with Crippen LogP contribution in [0.4, 0.5) is 16.4 Å². The van der Waals surface area contributed by atoms with Crippen LogP contribution in [0.15, 0.2) is 59.3 Å². The number of nitrogens with one attached hydrogen (secondary N) is 3. The zero-order valence-electron chi connectivity index (χ0n) is 17.4. The molecule has 5 rings (SSSR count). The maximum atomic E-state index is 12.4. The number of methoxy groups -OCH3 is 1. The third-order valence-electron chi connectivity index (χ3n) is 5.46. The van der Waals surface area contributed by atoms with Crippen LogP contribution >= 0.6 is 0 Å². The van der Waals surface area contributed by atoms with E-state index in [1.165, 1.54) is 0 Å². The van der Waals surface area contributed by atoms with Crippen LogP contribution in [0.3, 0.4) is 0 Å². The minimum absolute atomic E-state index is 0.136. The van der Waals surface area contributed by atoms with E-state index >= 15 is 0 Å². The summed E-state index contributed by atoms with van der Waals surface area (Å²) in [4.78, 5) is 21.2. The number of anilines is 2. The van der Waals surface area contributed by atoms with Crippen LogP contribution in [0, 0.1) is 0 Å². The summed E-state index contributed by atoms with van der Waals surface area (Å²) >= 11 is 0. The Morgan fingerprint density at radius 1 is 1.06 bits per heavy atom. The van der Waals surface area contributed by atoms with Gasteiger partial charge in [0.15, 0.2) is 5.76 Å². The molecule has 0 aliphatic carbocycles. The highest BCUT2D eigenvalue weighted by molar-refractivity contribution is 5.89. The highest BCUT2D eigenvalue weighted by Gasteiger charge is 2.48. The molecule has 10 nitrogen and oxygen atoms in total. The lowest BCUT2D eigenvalue weighted by atomic mass is 10.1. The lowest BCUT2D eigenvalue weighted by molar-refractivity contribution is 0.0683. The molecule has 32 heavy (non-hydrogen) atoms. The summed E-state index contributed by atoms with van der Waals surface area (Å²) in [6, 6.07) is 11.8. The van der Waals surface area contributed by atoms with Gasteiger partial charge in [-0.1, -0.05) is 0 Å². The number of benzene rings is 1. The molecule has 0 bridgehead atoms. The minimum atomic E-state index is -0.320. The number of fused-ring (bicyclic) bond motifs is 1. The smallest absolute Gasteiger partial charge is 0.319 e. The van der Waals surface area contributed by atoms with Crippen molar-refractivity contribution in [1.29, 1.82) is 0 Å². The maximum Gasteiger partial charge on any atom is 0.319 e. The van der Waals surface area contributed by atoms with Gasteiger partial charge in [0.05, 0.1) is 38.7 Å². The fourth-order valence-electron chi connectivity index (χ4n) is 3.91. The van der Waals surface area contributed by atoms with E-state index < -0.39 is 0 Å². The Balaban J connectivity index is 1.17. The SMILES string of the molecule is COc1ccc(NC(=O)NC2COC3C(Nc4nccc(-c5ccco5)n4)COC23)cc1. The molecule has 10 heteroatoms. The largest absolute Gasteiger partial charge is 0.497 e. The Hall–Kier alpha value is -3.63. The summed E-state index contributed by atoms with van der Waals surface area (Å²) in [5.74, 6) is 1.85. The van der Waals surface area contributed by atoms with Gasteiger partial charge >= 0.3 is 6.03 Å². The number of carbonyl (C=O) groups is 1. The molecule has 3 aromatic rings. The number of rotatable bonds is 6. The standard InChI is InChI=1S/C22H23N5O5/c1-29-14-6-4-13(5-7-14)24-22(28)27-17-12-32-19-16(11-31-20(17)19)26-21-23-9-8-15(25-21)18-3-2-10-30-18/h2-10,16-17,19-20H,11-12H2,1H3,(H,23,25,26)(H2,24,27,28). The molecule has 0 spiro atoms. The third kappa shape index (κ3) is 4.23. The van der Waals surface area contributed by atoms with Crippen molar-refractivity contribution < 1.29 is 23.4 Å². The van der Waals surface area contributed by atoms with E-state index in [4.69, 9.17) is 18.6 Å². The van der Waals surface area contributed by atoms with Crippen molar-refractivity contribution in [3.63, 3.8) is 0 Å². The number of hydrogen-bond acceptors (Lipinski definition) is 8. The summed E-state index contributed by atoms with van der Waals surface area (Å²) in [6.07, 6.45) is 2.79. The molecule has 0 radical (unpaired) electrons. The average molecular weight is 437 g/mol. The van der Waals surface area contributed by atoms with Crippen molar-refractivity contribution in [2.45, 2.75) is 24.3 Å². The van der Waals surface area contributed by atoms with Crippen LogP contribution in [-0.4, -0.2) is 60.6 Å². The van der Waals surface area contributed by atoms with E-state index in [2.05, 4.69) is 25.9 Å². The fourth-order valence-corrected chi connectivity index (χ4v) is 3.91. The van der Waals surface area contributed by atoms with E-state index in [9.17, 15) is 4.79 Å². The molecule has 3 N–H and O–H groups in total. The summed E-state index contributed by atoms with van der Waals surface area (Å²) in [6.45, 7) is 0.777. The molecular weight excluding hydrogens is 414 g/mol. The average Bonchev–Trinajstić information content (AvgIpc) is 3.55. The first kappa shape index (κ1) is 20.3. The molecule has 166 valence electrons. The van der Waals surface area contributed by atoms with Crippen LogP contribution in [-0.2, 0) is 9.47 Å². The fraction of sp³-hybridized carbons (Fsp3) is 0.318. The minimum Gasteiger partial charge on any atom is -0.497 e. The lowest BCUT2D eigenvalue weighted by Gasteiger charge is -2.18. The number of nitrogens with zero attached hydrogens (tertiary/aromatic N) is 2. The van der Waals surface area contributed by atoms with Gasteiger partial charge in [-0.15, -0.1) is 0 Å². The van der Waals surface area contributed by atoms with Gasteiger partial charge in [-0.2, -0.15) is 0 Å².